The van der Waals surface area contributed by atoms with Crippen molar-refractivity contribution in [3.8, 4) is 0 Å². The molecule has 0 radical (unpaired) electrons. The molecule has 1 saturated heterocycles. The molecule has 1 aromatic carbocycles. The van der Waals surface area contributed by atoms with Gasteiger partial charge in [-0.3, -0.25) is 0 Å². The van der Waals surface area contributed by atoms with Crippen LogP contribution in [-0.4, -0.2) is 24.0 Å². The van der Waals surface area contributed by atoms with Crippen molar-refractivity contribution in [2.75, 3.05) is 13.1 Å². The van der Waals surface area contributed by atoms with E-state index in [1.54, 1.807) is 0 Å². The van der Waals surface area contributed by atoms with Gasteiger partial charge >= 0.3 is 0 Å². The number of halogens is 1. The van der Waals surface area contributed by atoms with Gasteiger partial charge in [-0.15, -0.1) is 0 Å². The van der Waals surface area contributed by atoms with Crippen molar-refractivity contribution in [1.29, 1.82) is 0 Å². The molecule has 0 N–H and O–H groups in total. The molecule has 3 atom stereocenters. The van der Waals surface area contributed by atoms with Gasteiger partial charge in [0.2, 0.25) is 0 Å². The van der Waals surface area contributed by atoms with Crippen LogP contribution in [0.3, 0.4) is 0 Å². The number of nitrogens with zero attached hydrogens (tertiary/aromatic N) is 1. The second-order valence-corrected chi connectivity index (χ2v) is 6.72. The average molecular weight is 310 g/mol. The standard InChI is InChI=1S/C16H24BrN/c1-12(11-18-10-4-5-13(18)2)14(3)15-6-8-16(17)9-7-15/h6-9,12-14H,4-5,10-11H2,1-3H3/t12-,13-,14+/m1/s1. The van der Waals surface area contributed by atoms with Crippen molar-refractivity contribution >= 4 is 15.9 Å². The zero-order chi connectivity index (χ0) is 13.1. The lowest BCUT2D eigenvalue weighted by Gasteiger charge is -2.28. The van der Waals surface area contributed by atoms with Gasteiger partial charge in [-0.1, -0.05) is 41.9 Å². The molecule has 2 heteroatoms. The van der Waals surface area contributed by atoms with Gasteiger partial charge in [0.25, 0.3) is 0 Å². The average Bonchev–Trinajstić information content (AvgIpc) is 2.75. The maximum atomic E-state index is 3.50. The van der Waals surface area contributed by atoms with E-state index in [-0.39, 0.29) is 0 Å². The molecule has 1 aromatic rings. The minimum Gasteiger partial charge on any atom is -0.300 e. The van der Waals surface area contributed by atoms with Gasteiger partial charge in [-0.05, 0) is 55.8 Å². The zero-order valence-corrected chi connectivity index (χ0v) is 13.3. The molecule has 1 aliphatic rings. The lowest BCUT2D eigenvalue weighted by atomic mass is 9.88. The topological polar surface area (TPSA) is 3.24 Å². The summed E-state index contributed by atoms with van der Waals surface area (Å²) in [5, 5.41) is 0. The molecule has 1 nitrogen and oxygen atoms in total. The molecule has 0 saturated carbocycles. The summed E-state index contributed by atoms with van der Waals surface area (Å²) in [4.78, 5) is 2.65. The first-order valence-corrected chi connectivity index (χ1v) is 7.86. The Morgan fingerprint density at radius 3 is 2.50 bits per heavy atom. The lowest BCUT2D eigenvalue weighted by Crippen LogP contribution is -2.32. The molecule has 2 rings (SSSR count). The molecule has 1 fully saturated rings. The molecule has 1 aliphatic heterocycles. The molecule has 1 heterocycles. The first kappa shape index (κ1) is 14.1. The van der Waals surface area contributed by atoms with E-state index in [0.29, 0.717) is 11.8 Å². The van der Waals surface area contributed by atoms with E-state index in [1.807, 2.05) is 0 Å². The first-order valence-electron chi connectivity index (χ1n) is 7.07. The summed E-state index contributed by atoms with van der Waals surface area (Å²) in [6.45, 7) is 9.63. The molecule has 0 spiro atoms. The SMILES string of the molecule is C[C@H](CN1CCC[C@H]1C)[C@H](C)c1ccc(Br)cc1. The van der Waals surface area contributed by atoms with E-state index < -0.39 is 0 Å². The smallest absolute Gasteiger partial charge is 0.0175 e. The maximum Gasteiger partial charge on any atom is 0.0175 e. The first-order chi connectivity index (χ1) is 8.58. The molecule has 100 valence electrons. The van der Waals surface area contributed by atoms with Crippen LogP contribution in [0.15, 0.2) is 28.7 Å². The Hall–Kier alpha value is -0.340. The van der Waals surface area contributed by atoms with Crippen LogP contribution in [0, 0.1) is 5.92 Å². The minimum atomic E-state index is 0.630. The highest BCUT2D eigenvalue weighted by atomic mass is 79.9. The van der Waals surface area contributed by atoms with Crippen LogP contribution in [0.2, 0.25) is 0 Å². The predicted molar refractivity (Wildman–Crippen MR) is 82.0 cm³/mol. The number of likely N-dealkylation sites (tertiary alicyclic amines) is 1. The van der Waals surface area contributed by atoms with E-state index in [1.165, 1.54) is 36.0 Å². The van der Waals surface area contributed by atoms with Crippen molar-refractivity contribution in [3.05, 3.63) is 34.3 Å². The Bertz CT molecular complexity index is 373. The number of benzene rings is 1. The molecule has 0 bridgehead atoms. The fourth-order valence-electron chi connectivity index (χ4n) is 2.89. The summed E-state index contributed by atoms with van der Waals surface area (Å²) >= 11 is 3.50. The lowest BCUT2D eigenvalue weighted by molar-refractivity contribution is 0.220. The van der Waals surface area contributed by atoms with Gasteiger partial charge in [0.1, 0.15) is 0 Å². The predicted octanol–water partition coefficient (Wildman–Crippen LogP) is 4.67. The summed E-state index contributed by atoms with van der Waals surface area (Å²) in [5.74, 6) is 1.35. The van der Waals surface area contributed by atoms with E-state index in [9.17, 15) is 0 Å². The molecular formula is C16H24BrN. The van der Waals surface area contributed by atoms with Gasteiger partial charge in [-0.25, -0.2) is 0 Å². The van der Waals surface area contributed by atoms with E-state index in [0.717, 1.165) is 6.04 Å². The summed E-state index contributed by atoms with van der Waals surface area (Å²) in [6, 6.07) is 9.58. The summed E-state index contributed by atoms with van der Waals surface area (Å²) < 4.78 is 1.17. The Kier molecular flexibility index (Phi) is 4.85. The zero-order valence-electron chi connectivity index (χ0n) is 11.7. The molecular weight excluding hydrogens is 286 g/mol. The number of rotatable bonds is 4. The van der Waals surface area contributed by atoms with Gasteiger partial charge in [0.15, 0.2) is 0 Å². The summed E-state index contributed by atoms with van der Waals surface area (Å²) in [5.41, 5.74) is 1.46. The van der Waals surface area contributed by atoms with E-state index in [2.05, 4.69) is 65.9 Å². The van der Waals surface area contributed by atoms with Crippen LogP contribution in [0.5, 0.6) is 0 Å². The van der Waals surface area contributed by atoms with Crippen LogP contribution >= 0.6 is 15.9 Å². The van der Waals surface area contributed by atoms with Gasteiger partial charge in [-0.2, -0.15) is 0 Å². The van der Waals surface area contributed by atoms with Gasteiger partial charge in [0.05, 0.1) is 0 Å². The summed E-state index contributed by atoms with van der Waals surface area (Å²) in [7, 11) is 0. The third-order valence-electron chi connectivity index (χ3n) is 4.46. The highest BCUT2D eigenvalue weighted by Crippen LogP contribution is 2.28. The Morgan fingerprint density at radius 1 is 1.28 bits per heavy atom. The van der Waals surface area contributed by atoms with E-state index in [4.69, 9.17) is 0 Å². The summed E-state index contributed by atoms with van der Waals surface area (Å²) in [6.07, 6.45) is 2.75. The molecule has 0 aliphatic carbocycles. The van der Waals surface area contributed by atoms with Crippen LogP contribution in [0.1, 0.15) is 45.1 Å². The minimum absolute atomic E-state index is 0.630. The molecule has 0 unspecified atom stereocenters. The van der Waals surface area contributed by atoms with Crippen molar-refractivity contribution < 1.29 is 0 Å². The highest BCUT2D eigenvalue weighted by molar-refractivity contribution is 9.10. The normalized spacial score (nSPS) is 24.1. The Morgan fingerprint density at radius 2 is 1.94 bits per heavy atom. The quantitative estimate of drug-likeness (QED) is 0.781. The van der Waals surface area contributed by atoms with Crippen molar-refractivity contribution in [1.82, 2.24) is 4.90 Å². The van der Waals surface area contributed by atoms with Crippen molar-refractivity contribution in [2.45, 2.75) is 45.6 Å². The fraction of sp³-hybridized carbons (Fsp3) is 0.625. The van der Waals surface area contributed by atoms with Gasteiger partial charge in [0, 0.05) is 17.1 Å². The fourth-order valence-corrected chi connectivity index (χ4v) is 3.15. The van der Waals surface area contributed by atoms with Crippen molar-refractivity contribution in [3.63, 3.8) is 0 Å². The third kappa shape index (κ3) is 3.36. The number of hydrogen-bond acceptors (Lipinski definition) is 1. The highest BCUT2D eigenvalue weighted by Gasteiger charge is 2.24. The van der Waals surface area contributed by atoms with E-state index >= 15 is 0 Å². The number of hydrogen-bond donors (Lipinski definition) is 0. The van der Waals surface area contributed by atoms with Crippen molar-refractivity contribution in [2.24, 2.45) is 5.92 Å². The monoisotopic (exact) mass is 309 g/mol. The van der Waals surface area contributed by atoms with Gasteiger partial charge < -0.3 is 4.90 Å². The second kappa shape index (κ2) is 6.21. The Labute approximate surface area is 120 Å². The largest absolute Gasteiger partial charge is 0.300 e. The third-order valence-corrected chi connectivity index (χ3v) is 4.99. The molecule has 18 heavy (non-hydrogen) atoms. The van der Waals surface area contributed by atoms with Crippen LogP contribution in [0.25, 0.3) is 0 Å². The van der Waals surface area contributed by atoms with Crippen LogP contribution < -0.4 is 0 Å². The van der Waals surface area contributed by atoms with Crippen LogP contribution in [0.4, 0.5) is 0 Å². The molecule has 0 aromatic heterocycles. The van der Waals surface area contributed by atoms with Crippen LogP contribution in [-0.2, 0) is 0 Å². The Balaban J connectivity index is 1.95. The maximum absolute atomic E-state index is 3.50. The second-order valence-electron chi connectivity index (χ2n) is 5.80. The molecule has 0 amide bonds.